The Balaban J connectivity index is 1.55. The number of carbonyl (C=O) groups is 1. The van der Waals surface area contributed by atoms with E-state index < -0.39 is 0 Å². The normalized spacial score (nSPS) is 15.8. The summed E-state index contributed by atoms with van der Waals surface area (Å²) in [5.41, 5.74) is 1.45. The smallest absolute Gasteiger partial charge is 0.220 e. The molecular formula is C20H33N3O2. The van der Waals surface area contributed by atoms with Crippen molar-refractivity contribution < 1.29 is 9.53 Å². The van der Waals surface area contributed by atoms with Crippen molar-refractivity contribution in [2.45, 2.75) is 39.0 Å². The van der Waals surface area contributed by atoms with Crippen molar-refractivity contribution in [2.24, 2.45) is 0 Å². The molecule has 0 aliphatic carbocycles. The van der Waals surface area contributed by atoms with Gasteiger partial charge in [-0.25, -0.2) is 0 Å². The van der Waals surface area contributed by atoms with Crippen molar-refractivity contribution in [3.05, 3.63) is 29.8 Å². The van der Waals surface area contributed by atoms with Crippen molar-refractivity contribution >= 4 is 5.91 Å². The number of hydrogen-bond acceptors (Lipinski definition) is 4. The Morgan fingerprint density at radius 1 is 1.20 bits per heavy atom. The average Bonchev–Trinajstić information content (AvgIpc) is 2.59. The highest BCUT2D eigenvalue weighted by molar-refractivity contribution is 5.75. The van der Waals surface area contributed by atoms with Crippen LogP contribution in [0, 0.1) is 0 Å². The molecule has 1 amide bonds. The number of amides is 1. The summed E-state index contributed by atoms with van der Waals surface area (Å²) in [5.74, 6) is 0.980. The van der Waals surface area contributed by atoms with Gasteiger partial charge in [-0.1, -0.05) is 32.9 Å². The lowest BCUT2D eigenvalue weighted by molar-refractivity contribution is -0.121. The van der Waals surface area contributed by atoms with E-state index in [9.17, 15) is 4.79 Å². The van der Waals surface area contributed by atoms with E-state index in [2.05, 4.69) is 48.4 Å². The van der Waals surface area contributed by atoms with E-state index in [1.165, 1.54) is 5.56 Å². The molecule has 1 aliphatic rings. The first-order valence-corrected chi connectivity index (χ1v) is 9.38. The summed E-state index contributed by atoms with van der Waals surface area (Å²) < 4.78 is 5.73. The van der Waals surface area contributed by atoms with Crippen LogP contribution in [0.4, 0.5) is 0 Å². The molecule has 1 heterocycles. The van der Waals surface area contributed by atoms with Crippen molar-refractivity contribution in [1.29, 1.82) is 0 Å². The fraction of sp³-hybridized carbons (Fsp3) is 0.650. The first-order chi connectivity index (χ1) is 11.9. The Labute approximate surface area is 152 Å². The zero-order chi connectivity index (χ0) is 18.1. The summed E-state index contributed by atoms with van der Waals surface area (Å²) in [5, 5.41) is 6.33. The fourth-order valence-electron chi connectivity index (χ4n) is 2.85. The number of hydrogen-bond donors (Lipinski definition) is 2. The van der Waals surface area contributed by atoms with Crippen molar-refractivity contribution in [1.82, 2.24) is 15.5 Å². The SMILES string of the molecule is CC(C)(C)c1ccc(OCCCC(=O)NCCN2CCNCC2)cc1. The molecule has 1 saturated heterocycles. The van der Waals surface area contributed by atoms with Crippen molar-refractivity contribution in [3.8, 4) is 5.75 Å². The number of nitrogens with one attached hydrogen (secondary N) is 2. The van der Waals surface area contributed by atoms with Gasteiger partial charge in [-0.2, -0.15) is 0 Å². The van der Waals surface area contributed by atoms with Crippen LogP contribution in [-0.4, -0.2) is 56.7 Å². The quantitative estimate of drug-likeness (QED) is 0.708. The van der Waals surface area contributed by atoms with E-state index in [-0.39, 0.29) is 11.3 Å². The number of piperazine rings is 1. The fourth-order valence-corrected chi connectivity index (χ4v) is 2.85. The van der Waals surface area contributed by atoms with Gasteiger partial charge in [0.15, 0.2) is 0 Å². The van der Waals surface area contributed by atoms with Gasteiger partial charge in [-0.15, -0.1) is 0 Å². The highest BCUT2D eigenvalue weighted by atomic mass is 16.5. The van der Waals surface area contributed by atoms with Crippen LogP contribution in [0.2, 0.25) is 0 Å². The maximum absolute atomic E-state index is 11.9. The molecule has 1 aromatic carbocycles. The first kappa shape index (κ1) is 19.7. The maximum Gasteiger partial charge on any atom is 0.220 e. The van der Waals surface area contributed by atoms with Crippen molar-refractivity contribution in [2.75, 3.05) is 45.9 Å². The van der Waals surface area contributed by atoms with Crippen LogP contribution in [0.3, 0.4) is 0 Å². The minimum absolute atomic E-state index is 0.113. The topological polar surface area (TPSA) is 53.6 Å². The van der Waals surface area contributed by atoms with Gasteiger partial charge >= 0.3 is 0 Å². The van der Waals surface area contributed by atoms with Gasteiger partial charge < -0.3 is 15.4 Å². The van der Waals surface area contributed by atoms with Crippen LogP contribution in [-0.2, 0) is 10.2 Å². The summed E-state index contributed by atoms with van der Waals surface area (Å²) in [6.07, 6.45) is 1.25. The summed E-state index contributed by atoms with van der Waals surface area (Å²) in [4.78, 5) is 14.2. The molecule has 1 aliphatic heterocycles. The lowest BCUT2D eigenvalue weighted by Gasteiger charge is -2.27. The van der Waals surface area contributed by atoms with Crippen LogP contribution < -0.4 is 15.4 Å². The standard InChI is InChI=1S/C20H33N3O2/c1-20(2,3)17-6-8-18(9-7-17)25-16-4-5-19(24)22-12-15-23-13-10-21-11-14-23/h6-9,21H,4-5,10-16H2,1-3H3,(H,22,24). The van der Waals surface area contributed by atoms with Crippen molar-refractivity contribution in [3.63, 3.8) is 0 Å². The lowest BCUT2D eigenvalue weighted by atomic mass is 9.87. The maximum atomic E-state index is 11.9. The molecule has 140 valence electrons. The van der Waals surface area contributed by atoms with Gasteiger partial charge in [-0.05, 0) is 29.5 Å². The Kier molecular flexibility index (Phi) is 7.72. The van der Waals surface area contributed by atoms with E-state index in [0.29, 0.717) is 13.0 Å². The summed E-state index contributed by atoms with van der Waals surface area (Å²) in [6, 6.07) is 8.23. The van der Waals surface area contributed by atoms with Gasteiger partial charge in [0.25, 0.3) is 0 Å². The zero-order valence-electron chi connectivity index (χ0n) is 15.9. The Morgan fingerprint density at radius 2 is 1.88 bits per heavy atom. The first-order valence-electron chi connectivity index (χ1n) is 9.38. The molecule has 2 N–H and O–H groups in total. The second-order valence-corrected chi connectivity index (χ2v) is 7.67. The minimum Gasteiger partial charge on any atom is -0.494 e. The third-order valence-electron chi connectivity index (χ3n) is 4.50. The minimum atomic E-state index is 0.113. The Morgan fingerprint density at radius 3 is 2.52 bits per heavy atom. The van der Waals surface area contributed by atoms with Crippen LogP contribution in [0.5, 0.6) is 5.75 Å². The molecule has 25 heavy (non-hydrogen) atoms. The third-order valence-corrected chi connectivity index (χ3v) is 4.50. The molecule has 0 bridgehead atoms. The molecule has 0 atom stereocenters. The summed E-state index contributed by atoms with van der Waals surface area (Å²) in [6.45, 7) is 13.1. The van der Waals surface area contributed by atoms with Crippen LogP contribution in [0.15, 0.2) is 24.3 Å². The van der Waals surface area contributed by atoms with E-state index >= 15 is 0 Å². The molecule has 0 radical (unpaired) electrons. The molecule has 2 rings (SSSR count). The molecule has 0 aromatic heterocycles. The predicted octanol–water partition coefficient (Wildman–Crippen LogP) is 2.16. The predicted molar refractivity (Wildman–Crippen MR) is 102 cm³/mol. The molecule has 5 heteroatoms. The molecular weight excluding hydrogens is 314 g/mol. The third kappa shape index (κ3) is 7.45. The van der Waals surface area contributed by atoms with Gasteiger partial charge in [0, 0.05) is 45.7 Å². The van der Waals surface area contributed by atoms with E-state index in [1.54, 1.807) is 0 Å². The van der Waals surface area contributed by atoms with Crippen LogP contribution in [0.25, 0.3) is 0 Å². The Hall–Kier alpha value is -1.59. The number of carbonyl (C=O) groups excluding carboxylic acids is 1. The van der Waals surface area contributed by atoms with Gasteiger partial charge in [0.2, 0.25) is 5.91 Å². The van der Waals surface area contributed by atoms with Crippen LogP contribution in [0.1, 0.15) is 39.2 Å². The number of benzene rings is 1. The van der Waals surface area contributed by atoms with E-state index in [4.69, 9.17) is 4.74 Å². The highest BCUT2D eigenvalue weighted by Crippen LogP contribution is 2.24. The lowest BCUT2D eigenvalue weighted by Crippen LogP contribution is -2.46. The summed E-state index contributed by atoms with van der Waals surface area (Å²) in [7, 11) is 0. The number of nitrogens with zero attached hydrogens (tertiary/aromatic N) is 1. The second-order valence-electron chi connectivity index (χ2n) is 7.67. The molecule has 0 spiro atoms. The van der Waals surface area contributed by atoms with Gasteiger partial charge in [0.1, 0.15) is 5.75 Å². The molecule has 1 aromatic rings. The highest BCUT2D eigenvalue weighted by Gasteiger charge is 2.13. The zero-order valence-corrected chi connectivity index (χ0v) is 15.9. The summed E-state index contributed by atoms with van der Waals surface area (Å²) >= 11 is 0. The average molecular weight is 348 g/mol. The van der Waals surface area contributed by atoms with E-state index in [0.717, 1.165) is 51.4 Å². The number of rotatable bonds is 8. The molecule has 0 saturated carbocycles. The van der Waals surface area contributed by atoms with Gasteiger partial charge in [-0.3, -0.25) is 9.69 Å². The number of ether oxygens (including phenoxy) is 1. The van der Waals surface area contributed by atoms with Gasteiger partial charge in [0.05, 0.1) is 6.61 Å². The molecule has 5 nitrogen and oxygen atoms in total. The van der Waals surface area contributed by atoms with Crippen LogP contribution >= 0.6 is 0 Å². The largest absolute Gasteiger partial charge is 0.494 e. The molecule has 1 fully saturated rings. The second kappa shape index (κ2) is 9.78. The van der Waals surface area contributed by atoms with E-state index in [1.807, 2.05) is 12.1 Å². The monoisotopic (exact) mass is 347 g/mol. The Bertz CT molecular complexity index is 517. The molecule has 0 unspecified atom stereocenters.